The second-order valence-electron chi connectivity index (χ2n) is 4.37. The van der Waals surface area contributed by atoms with Crippen molar-refractivity contribution in [3.63, 3.8) is 0 Å². The van der Waals surface area contributed by atoms with E-state index in [9.17, 15) is 0 Å². The van der Waals surface area contributed by atoms with Gasteiger partial charge in [0.25, 0.3) is 0 Å². The molecule has 2 rings (SSSR count). The molecule has 20 heavy (non-hydrogen) atoms. The van der Waals surface area contributed by atoms with Gasteiger partial charge in [-0.1, -0.05) is 30.3 Å². The van der Waals surface area contributed by atoms with E-state index in [0.717, 1.165) is 11.1 Å². The number of nitrogens with zero attached hydrogens (tertiary/aromatic N) is 1. The number of hydrazine groups is 1. The largest absolute Gasteiger partial charge is 0.495 e. The van der Waals surface area contributed by atoms with Crippen molar-refractivity contribution in [2.75, 3.05) is 14.2 Å². The summed E-state index contributed by atoms with van der Waals surface area (Å²) < 4.78 is 10.8. The summed E-state index contributed by atoms with van der Waals surface area (Å²) in [6, 6.07) is 11.6. The maximum absolute atomic E-state index is 5.71. The number of pyridine rings is 1. The monoisotopic (exact) mass is 273 g/mol. The molecule has 0 radical (unpaired) electrons. The number of nitrogens with two attached hydrogens (primary N) is 1. The second-order valence-corrected chi connectivity index (χ2v) is 4.37. The van der Waals surface area contributed by atoms with Crippen molar-refractivity contribution in [2.45, 2.75) is 12.1 Å². The highest BCUT2D eigenvalue weighted by atomic mass is 16.5. The fraction of sp³-hybridized carbons (Fsp3) is 0.267. The Kier molecular flexibility index (Phi) is 5.06. The third kappa shape index (κ3) is 3.14. The van der Waals surface area contributed by atoms with E-state index in [-0.39, 0.29) is 12.1 Å². The molecule has 1 aromatic carbocycles. The zero-order chi connectivity index (χ0) is 14.4. The summed E-state index contributed by atoms with van der Waals surface area (Å²) in [5, 5.41) is 0. The summed E-state index contributed by atoms with van der Waals surface area (Å²) >= 11 is 0. The number of hydrogen-bond donors (Lipinski definition) is 2. The molecule has 1 heterocycles. The summed E-state index contributed by atoms with van der Waals surface area (Å²) in [6.07, 6.45) is 3.19. The van der Waals surface area contributed by atoms with Gasteiger partial charge in [0.2, 0.25) is 0 Å². The third-order valence-electron chi connectivity index (χ3n) is 3.19. The lowest BCUT2D eigenvalue weighted by Gasteiger charge is -2.26. The highest BCUT2D eigenvalue weighted by molar-refractivity contribution is 5.29. The van der Waals surface area contributed by atoms with Crippen LogP contribution >= 0.6 is 0 Å². The lowest BCUT2D eigenvalue weighted by atomic mass is 9.97. The molecule has 0 saturated heterocycles. The van der Waals surface area contributed by atoms with Crippen molar-refractivity contribution in [1.82, 2.24) is 10.4 Å². The van der Waals surface area contributed by atoms with Crippen LogP contribution in [-0.4, -0.2) is 19.2 Å². The maximum atomic E-state index is 5.71. The molecular formula is C15H19N3O2. The van der Waals surface area contributed by atoms with Crippen LogP contribution in [0.25, 0.3) is 0 Å². The molecule has 1 aromatic heterocycles. The normalized spacial score (nSPS) is 13.8. The average Bonchev–Trinajstić information content (AvgIpc) is 2.53. The Morgan fingerprint density at radius 3 is 2.45 bits per heavy atom. The summed E-state index contributed by atoms with van der Waals surface area (Å²) in [5.41, 5.74) is 4.75. The van der Waals surface area contributed by atoms with E-state index in [2.05, 4.69) is 10.4 Å². The number of nitrogens with one attached hydrogen (secondary N) is 1. The van der Waals surface area contributed by atoms with Gasteiger partial charge in [-0.3, -0.25) is 10.8 Å². The average molecular weight is 273 g/mol. The van der Waals surface area contributed by atoms with Crippen LogP contribution < -0.4 is 16.0 Å². The number of hydrogen-bond acceptors (Lipinski definition) is 5. The Morgan fingerprint density at radius 1 is 1.10 bits per heavy atom. The molecule has 0 fully saturated rings. The molecule has 0 amide bonds. The quantitative estimate of drug-likeness (QED) is 0.622. The van der Waals surface area contributed by atoms with Gasteiger partial charge in [-0.15, -0.1) is 0 Å². The standard InChI is InChI=1S/C15H19N3O2/c1-19-13-8-12(9-17-10-13)14(18-16)15(20-2)11-6-4-3-5-7-11/h3-10,14-15,18H,16H2,1-2H3. The predicted molar refractivity (Wildman–Crippen MR) is 77.0 cm³/mol. The van der Waals surface area contributed by atoms with Crippen molar-refractivity contribution >= 4 is 0 Å². The Morgan fingerprint density at radius 2 is 1.85 bits per heavy atom. The number of aromatic nitrogens is 1. The zero-order valence-electron chi connectivity index (χ0n) is 11.6. The molecule has 5 heteroatoms. The SMILES string of the molecule is COc1cncc(C(NN)C(OC)c2ccccc2)c1. The maximum Gasteiger partial charge on any atom is 0.137 e. The van der Waals surface area contributed by atoms with Crippen molar-refractivity contribution in [1.29, 1.82) is 0 Å². The first-order chi connectivity index (χ1) is 9.80. The summed E-state index contributed by atoms with van der Waals surface area (Å²) in [7, 11) is 3.27. The van der Waals surface area contributed by atoms with Crippen LogP contribution in [0.2, 0.25) is 0 Å². The third-order valence-corrected chi connectivity index (χ3v) is 3.19. The molecule has 2 unspecified atom stereocenters. The van der Waals surface area contributed by atoms with Crippen LogP contribution in [-0.2, 0) is 4.74 Å². The highest BCUT2D eigenvalue weighted by Crippen LogP contribution is 2.31. The van der Waals surface area contributed by atoms with Gasteiger partial charge in [0, 0.05) is 13.3 Å². The van der Waals surface area contributed by atoms with Gasteiger partial charge >= 0.3 is 0 Å². The first-order valence-electron chi connectivity index (χ1n) is 6.33. The van der Waals surface area contributed by atoms with E-state index in [1.165, 1.54) is 0 Å². The molecule has 0 bridgehead atoms. The molecule has 0 spiro atoms. The molecule has 0 aliphatic heterocycles. The van der Waals surface area contributed by atoms with E-state index in [0.29, 0.717) is 5.75 Å². The topological polar surface area (TPSA) is 69.4 Å². The molecule has 3 N–H and O–H groups in total. The molecule has 0 aliphatic carbocycles. The minimum absolute atomic E-state index is 0.213. The first-order valence-corrected chi connectivity index (χ1v) is 6.33. The lowest BCUT2D eigenvalue weighted by molar-refractivity contribution is 0.0674. The van der Waals surface area contributed by atoms with Crippen LogP contribution in [0.15, 0.2) is 48.8 Å². The minimum Gasteiger partial charge on any atom is -0.495 e. The summed E-state index contributed by atoms with van der Waals surface area (Å²) in [5.74, 6) is 6.40. The van der Waals surface area contributed by atoms with Crippen molar-refractivity contribution in [3.8, 4) is 5.75 Å². The predicted octanol–water partition coefficient (Wildman–Crippen LogP) is 1.98. The van der Waals surface area contributed by atoms with Crippen molar-refractivity contribution < 1.29 is 9.47 Å². The number of rotatable bonds is 6. The van der Waals surface area contributed by atoms with E-state index in [4.69, 9.17) is 15.3 Å². The van der Waals surface area contributed by atoms with Crippen LogP contribution in [0.5, 0.6) is 5.75 Å². The molecule has 2 aromatic rings. The van der Waals surface area contributed by atoms with E-state index < -0.39 is 0 Å². The Balaban J connectivity index is 2.34. The van der Waals surface area contributed by atoms with Crippen LogP contribution in [0.4, 0.5) is 0 Å². The van der Waals surface area contributed by atoms with Gasteiger partial charge < -0.3 is 9.47 Å². The van der Waals surface area contributed by atoms with Gasteiger partial charge in [-0.25, -0.2) is 5.43 Å². The van der Waals surface area contributed by atoms with E-state index >= 15 is 0 Å². The molecular weight excluding hydrogens is 254 g/mol. The number of ether oxygens (including phenoxy) is 2. The highest BCUT2D eigenvalue weighted by Gasteiger charge is 2.24. The number of methoxy groups -OCH3 is 2. The van der Waals surface area contributed by atoms with Gasteiger partial charge in [-0.05, 0) is 17.2 Å². The van der Waals surface area contributed by atoms with Crippen LogP contribution in [0, 0.1) is 0 Å². The zero-order valence-corrected chi connectivity index (χ0v) is 11.6. The van der Waals surface area contributed by atoms with Gasteiger partial charge in [0.1, 0.15) is 11.9 Å². The molecule has 106 valence electrons. The minimum atomic E-state index is -0.218. The van der Waals surface area contributed by atoms with Crippen LogP contribution in [0.1, 0.15) is 23.3 Å². The number of benzene rings is 1. The first kappa shape index (κ1) is 14.5. The van der Waals surface area contributed by atoms with E-state index in [1.54, 1.807) is 26.6 Å². The van der Waals surface area contributed by atoms with Crippen molar-refractivity contribution in [2.24, 2.45) is 5.84 Å². The summed E-state index contributed by atoms with van der Waals surface area (Å²) in [4.78, 5) is 4.16. The van der Waals surface area contributed by atoms with Gasteiger partial charge in [0.15, 0.2) is 0 Å². The second kappa shape index (κ2) is 7.00. The van der Waals surface area contributed by atoms with Crippen LogP contribution in [0.3, 0.4) is 0 Å². The molecule has 2 atom stereocenters. The Hall–Kier alpha value is -1.95. The Labute approximate surface area is 118 Å². The fourth-order valence-corrected chi connectivity index (χ4v) is 2.18. The van der Waals surface area contributed by atoms with E-state index in [1.807, 2.05) is 36.4 Å². The van der Waals surface area contributed by atoms with Gasteiger partial charge in [-0.2, -0.15) is 0 Å². The summed E-state index contributed by atoms with van der Waals surface area (Å²) in [6.45, 7) is 0. The fourth-order valence-electron chi connectivity index (χ4n) is 2.18. The Bertz CT molecular complexity index is 534. The molecule has 5 nitrogen and oxygen atoms in total. The smallest absolute Gasteiger partial charge is 0.137 e. The molecule has 0 aliphatic rings. The molecule has 0 saturated carbocycles. The lowest BCUT2D eigenvalue weighted by Crippen LogP contribution is -2.33. The van der Waals surface area contributed by atoms with Crippen molar-refractivity contribution in [3.05, 3.63) is 59.9 Å². The van der Waals surface area contributed by atoms with Gasteiger partial charge in [0.05, 0.1) is 19.3 Å².